The fourth-order valence-electron chi connectivity index (χ4n) is 0.512. The molecule has 0 spiro atoms. The third-order valence-corrected chi connectivity index (χ3v) is 0.955. The zero-order chi connectivity index (χ0) is 8.43. The molecule has 1 heterocycles. The molecule has 1 aromatic rings. The number of carbonyl (C=O) groups is 2. The molecule has 0 bridgehead atoms. The van der Waals surface area contributed by atoms with Crippen molar-refractivity contribution in [2.75, 3.05) is 0 Å². The van der Waals surface area contributed by atoms with Crippen LogP contribution < -0.4 is 11.5 Å². The summed E-state index contributed by atoms with van der Waals surface area (Å²) in [6.07, 6.45) is 0. The van der Waals surface area contributed by atoms with E-state index >= 15 is 0 Å². The smallest absolute Gasteiger partial charge is 0.273 e. The molecule has 0 aromatic carbocycles. The maximum absolute atomic E-state index is 10.4. The van der Waals surface area contributed by atoms with Crippen LogP contribution in [-0.4, -0.2) is 22.1 Å². The maximum atomic E-state index is 10.4. The van der Waals surface area contributed by atoms with E-state index in [2.05, 4.69) is 14.9 Å². The first kappa shape index (κ1) is 7.19. The summed E-state index contributed by atoms with van der Waals surface area (Å²) in [6.45, 7) is 0. The van der Waals surface area contributed by atoms with Crippen LogP contribution in [0.4, 0.5) is 0 Å². The third-order valence-electron chi connectivity index (χ3n) is 0.955. The quantitative estimate of drug-likeness (QED) is 0.526. The molecule has 7 nitrogen and oxygen atoms in total. The van der Waals surface area contributed by atoms with Gasteiger partial charge in [0.2, 0.25) is 11.4 Å². The summed E-state index contributed by atoms with van der Waals surface area (Å²) in [5.74, 6) is -1.81. The minimum absolute atomic E-state index is 0.350. The Morgan fingerprint density at radius 2 is 1.45 bits per heavy atom. The molecule has 0 fully saturated rings. The lowest BCUT2D eigenvalue weighted by Gasteiger charge is -1.85. The van der Waals surface area contributed by atoms with Gasteiger partial charge >= 0.3 is 0 Å². The SMILES string of the molecule is NC(=O)c1nonc1C(N)=O. The molecule has 11 heavy (non-hydrogen) atoms. The van der Waals surface area contributed by atoms with Crippen LogP contribution in [0.3, 0.4) is 0 Å². The predicted molar refractivity (Wildman–Crippen MR) is 31.3 cm³/mol. The second-order valence-electron chi connectivity index (χ2n) is 1.69. The molecule has 2 amide bonds. The van der Waals surface area contributed by atoms with E-state index in [9.17, 15) is 9.59 Å². The highest BCUT2D eigenvalue weighted by molar-refractivity contribution is 6.03. The van der Waals surface area contributed by atoms with Gasteiger partial charge in [0.1, 0.15) is 0 Å². The maximum Gasteiger partial charge on any atom is 0.273 e. The van der Waals surface area contributed by atoms with Crippen molar-refractivity contribution in [3.05, 3.63) is 11.4 Å². The van der Waals surface area contributed by atoms with Gasteiger partial charge in [-0.25, -0.2) is 4.63 Å². The molecule has 0 aliphatic heterocycles. The van der Waals surface area contributed by atoms with Crippen LogP contribution in [0.15, 0.2) is 4.63 Å². The highest BCUT2D eigenvalue weighted by Gasteiger charge is 2.19. The summed E-state index contributed by atoms with van der Waals surface area (Å²) in [6, 6.07) is 0. The van der Waals surface area contributed by atoms with E-state index in [4.69, 9.17) is 11.5 Å². The fourth-order valence-corrected chi connectivity index (χ4v) is 0.512. The first-order valence-corrected chi connectivity index (χ1v) is 2.55. The number of nitrogens with zero attached hydrogens (tertiary/aromatic N) is 2. The number of carbonyl (C=O) groups excluding carboxylic acids is 2. The number of rotatable bonds is 2. The van der Waals surface area contributed by atoms with E-state index in [-0.39, 0.29) is 11.4 Å². The fraction of sp³-hybridized carbons (Fsp3) is 0. The second-order valence-corrected chi connectivity index (χ2v) is 1.69. The van der Waals surface area contributed by atoms with Crippen molar-refractivity contribution in [3.63, 3.8) is 0 Å². The summed E-state index contributed by atoms with van der Waals surface area (Å²) >= 11 is 0. The minimum atomic E-state index is -0.903. The average Bonchev–Trinajstić information content (AvgIpc) is 2.32. The van der Waals surface area contributed by atoms with E-state index in [1.807, 2.05) is 0 Å². The number of aromatic nitrogens is 2. The molecule has 0 atom stereocenters. The van der Waals surface area contributed by atoms with Crippen LogP contribution in [-0.2, 0) is 0 Å². The summed E-state index contributed by atoms with van der Waals surface area (Å²) < 4.78 is 4.07. The van der Waals surface area contributed by atoms with Gasteiger partial charge in [-0.2, -0.15) is 0 Å². The molecule has 0 unspecified atom stereocenters. The van der Waals surface area contributed by atoms with Gasteiger partial charge in [0.15, 0.2) is 0 Å². The Morgan fingerprint density at radius 3 is 1.73 bits per heavy atom. The molecular weight excluding hydrogens is 152 g/mol. The monoisotopic (exact) mass is 156 g/mol. The van der Waals surface area contributed by atoms with Crippen LogP contribution >= 0.6 is 0 Å². The zero-order valence-corrected chi connectivity index (χ0v) is 5.27. The molecule has 1 rings (SSSR count). The van der Waals surface area contributed by atoms with E-state index in [0.29, 0.717) is 0 Å². The summed E-state index contributed by atoms with van der Waals surface area (Å²) in [4.78, 5) is 20.9. The molecule has 7 heteroatoms. The van der Waals surface area contributed by atoms with Crippen LogP contribution in [0, 0.1) is 0 Å². The second kappa shape index (κ2) is 2.37. The van der Waals surface area contributed by atoms with Crippen molar-refractivity contribution in [1.82, 2.24) is 10.3 Å². The van der Waals surface area contributed by atoms with E-state index in [0.717, 1.165) is 0 Å². The van der Waals surface area contributed by atoms with Crippen molar-refractivity contribution in [2.24, 2.45) is 11.5 Å². The molecule has 0 aliphatic carbocycles. The molecule has 0 saturated carbocycles. The van der Waals surface area contributed by atoms with Crippen molar-refractivity contribution in [2.45, 2.75) is 0 Å². The Bertz CT molecular complexity index is 276. The van der Waals surface area contributed by atoms with Crippen LogP contribution in [0.1, 0.15) is 21.0 Å². The van der Waals surface area contributed by atoms with E-state index < -0.39 is 11.8 Å². The molecule has 0 aliphatic rings. The molecule has 1 aromatic heterocycles. The van der Waals surface area contributed by atoms with Gasteiger partial charge in [0.05, 0.1) is 0 Å². The first-order chi connectivity index (χ1) is 5.13. The standard InChI is InChI=1S/C4H4N4O3/c5-3(9)1-2(4(6)10)8-11-7-1/h(H2,5,9)(H2,6,10). The summed E-state index contributed by atoms with van der Waals surface area (Å²) in [7, 11) is 0. The van der Waals surface area contributed by atoms with Crippen LogP contribution in [0.25, 0.3) is 0 Å². The first-order valence-electron chi connectivity index (χ1n) is 2.55. The minimum Gasteiger partial charge on any atom is -0.364 e. The average molecular weight is 156 g/mol. The topological polar surface area (TPSA) is 125 Å². The van der Waals surface area contributed by atoms with Gasteiger partial charge in [-0.05, 0) is 10.3 Å². The van der Waals surface area contributed by atoms with Gasteiger partial charge in [0, 0.05) is 0 Å². The number of hydrogen-bond donors (Lipinski definition) is 2. The van der Waals surface area contributed by atoms with Gasteiger partial charge in [-0.1, -0.05) is 0 Å². The lowest BCUT2D eigenvalue weighted by molar-refractivity contribution is 0.0962. The number of primary amides is 2. The summed E-state index contributed by atoms with van der Waals surface area (Å²) in [5.41, 5.74) is 8.88. The largest absolute Gasteiger partial charge is 0.364 e. The Labute approximate surface area is 60.3 Å². The van der Waals surface area contributed by atoms with Crippen LogP contribution in [0.5, 0.6) is 0 Å². The number of nitrogens with two attached hydrogens (primary N) is 2. The van der Waals surface area contributed by atoms with Gasteiger partial charge in [-0.3, -0.25) is 9.59 Å². The third kappa shape index (κ3) is 1.16. The Hall–Kier alpha value is -1.92. The Kier molecular flexibility index (Phi) is 1.55. The normalized spacial score (nSPS) is 9.45. The molecule has 0 saturated heterocycles. The van der Waals surface area contributed by atoms with Crippen molar-refractivity contribution in [3.8, 4) is 0 Å². The van der Waals surface area contributed by atoms with Gasteiger partial charge < -0.3 is 11.5 Å². The zero-order valence-electron chi connectivity index (χ0n) is 5.27. The highest BCUT2D eigenvalue weighted by atomic mass is 16.6. The van der Waals surface area contributed by atoms with Crippen molar-refractivity contribution < 1.29 is 14.2 Å². The number of hydrogen-bond acceptors (Lipinski definition) is 5. The van der Waals surface area contributed by atoms with Gasteiger partial charge in [0.25, 0.3) is 11.8 Å². The predicted octanol–water partition coefficient (Wildman–Crippen LogP) is -1.73. The van der Waals surface area contributed by atoms with Crippen LogP contribution in [0.2, 0.25) is 0 Å². The number of amides is 2. The highest BCUT2D eigenvalue weighted by Crippen LogP contribution is 1.99. The molecule has 0 radical (unpaired) electrons. The Balaban J connectivity index is 3.16. The summed E-state index contributed by atoms with van der Waals surface area (Å²) in [5, 5.41) is 6.15. The lowest BCUT2D eigenvalue weighted by atomic mass is 10.3. The molecular formula is C4H4N4O3. The van der Waals surface area contributed by atoms with E-state index in [1.54, 1.807) is 0 Å². The van der Waals surface area contributed by atoms with E-state index in [1.165, 1.54) is 0 Å². The Morgan fingerprint density at radius 1 is 1.09 bits per heavy atom. The molecule has 58 valence electrons. The van der Waals surface area contributed by atoms with Crippen molar-refractivity contribution in [1.29, 1.82) is 0 Å². The molecule has 4 N–H and O–H groups in total. The van der Waals surface area contributed by atoms with Gasteiger partial charge in [-0.15, -0.1) is 0 Å². The van der Waals surface area contributed by atoms with Crippen molar-refractivity contribution >= 4 is 11.8 Å². The lowest BCUT2D eigenvalue weighted by Crippen LogP contribution is -2.20.